The number of carbonyl (C=O) groups excluding carboxylic acids is 1. The topological polar surface area (TPSA) is 48.0 Å². The number of piperidine rings is 1. The van der Waals surface area contributed by atoms with Crippen molar-refractivity contribution in [1.82, 2.24) is 4.90 Å². The molecule has 0 aliphatic carbocycles. The molecule has 0 saturated carbocycles. The molecule has 5 nitrogen and oxygen atoms in total. The van der Waals surface area contributed by atoms with Crippen LogP contribution >= 0.6 is 0 Å². The summed E-state index contributed by atoms with van der Waals surface area (Å²) in [6.45, 7) is 8.23. The Morgan fingerprint density at radius 2 is 1.66 bits per heavy atom. The zero-order chi connectivity index (χ0) is 20.7. The second kappa shape index (κ2) is 9.68. The average Bonchev–Trinajstić information content (AvgIpc) is 2.71. The molecule has 1 aliphatic rings. The summed E-state index contributed by atoms with van der Waals surface area (Å²) in [7, 11) is 0. The van der Waals surface area contributed by atoms with Gasteiger partial charge in [-0.05, 0) is 63.4 Å². The van der Waals surface area contributed by atoms with E-state index in [1.54, 1.807) is 4.90 Å². The molecule has 29 heavy (non-hydrogen) atoms. The first-order valence-electron chi connectivity index (χ1n) is 10.3. The van der Waals surface area contributed by atoms with Gasteiger partial charge in [0.25, 0.3) is 0 Å². The van der Waals surface area contributed by atoms with Gasteiger partial charge in [0.1, 0.15) is 23.7 Å². The largest absolute Gasteiger partial charge is 0.493 e. The molecule has 3 rings (SSSR count). The Labute approximate surface area is 173 Å². The van der Waals surface area contributed by atoms with Gasteiger partial charge in [-0.1, -0.05) is 30.3 Å². The fourth-order valence-electron chi connectivity index (χ4n) is 3.28. The van der Waals surface area contributed by atoms with Crippen LogP contribution < -0.4 is 9.47 Å². The Bertz CT molecular complexity index is 768. The fraction of sp³-hybridized carbons (Fsp3) is 0.458. The maximum atomic E-state index is 12.3. The van der Waals surface area contributed by atoms with E-state index in [9.17, 15) is 4.79 Å². The second-order valence-electron chi connectivity index (χ2n) is 8.49. The Morgan fingerprint density at radius 1 is 1.00 bits per heavy atom. The minimum Gasteiger partial charge on any atom is -0.493 e. The average molecular weight is 398 g/mol. The van der Waals surface area contributed by atoms with Gasteiger partial charge < -0.3 is 19.1 Å². The van der Waals surface area contributed by atoms with E-state index < -0.39 is 5.60 Å². The molecular weight excluding hydrogens is 366 g/mol. The molecule has 1 saturated heterocycles. The van der Waals surface area contributed by atoms with Gasteiger partial charge in [0.05, 0.1) is 6.61 Å². The van der Waals surface area contributed by atoms with Crippen molar-refractivity contribution in [3.05, 3.63) is 60.2 Å². The summed E-state index contributed by atoms with van der Waals surface area (Å²) in [6.07, 6.45) is 1.79. The molecule has 1 fully saturated rings. The van der Waals surface area contributed by atoms with E-state index in [0.717, 1.165) is 36.4 Å². The first-order chi connectivity index (χ1) is 13.9. The molecule has 0 bridgehead atoms. The standard InChI is InChI=1S/C24H31NO4/c1-24(2,3)29-23(26)25-15-7-10-20(16-25)18-28-22-13-11-21(12-14-22)27-17-19-8-5-4-6-9-19/h4-6,8-9,11-14,20H,7,10,15-18H2,1-3H3. The number of hydrogen-bond acceptors (Lipinski definition) is 4. The molecule has 2 aromatic rings. The van der Waals surface area contributed by atoms with Crippen LogP contribution in [0.15, 0.2) is 54.6 Å². The van der Waals surface area contributed by atoms with Gasteiger partial charge in [-0.2, -0.15) is 0 Å². The third-order valence-electron chi connectivity index (χ3n) is 4.73. The summed E-state index contributed by atoms with van der Waals surface area (Å²) >= 11 is 0. The lowest BCUT2D eigenvalue weighted by molar-refractivity contribution is 0.0139. The molecule has 1 unspecified atom stereocenters. The Morgan fingerprint density at radius 3 is 2.31 bits per heavy atom. The normalized spacial score (nSPS) is 16.9. The van der Waals surface area contributed by atoms with Gasteiger partial charge in [-0.3, -0.25) is 0 Å². The van der Waals surface area contributed by atoms with Crippen LogP contribution in [0.3, 0.4) is 0 Å². The third-order valence-corrected chi connectivity index (χ3v) is 4.73. The van der Waals surface area contributed by atoms with Gasteiger partial charge in [0, 0.05) is 19.0 Å². The lowest BCUT2D eigenvalue weighted by Crippen LogP contribution is -2.44. The number of benzene rings is 2. The summed E-state index contributed by atoms with van der Waals surface area (Å²) in [5.74, 6) is 1.94. The number of nitrogens with zero attached hydrogens (tertiary/aromatic N) is 1. The first kappa shape index (κ1) is 21.0. The first-order valence-corrected chi connectivity index (χ1v) is 10.3. The number of rotatable bonds is 6. The van der Waals surface area contributed by atoms with Crippen molar-refractivity contribution in [2.24, 2.45) is 5.92 Å². The van der Waals surface area contributed by atoms with Crippen LogP contribution in [0.1, 0.15) is 39.2 Å². The lowest BCUT2D eigenvalue weighted by Gasteiger charge is -2.34. The van der Waals surface area contributed by atoms with Crippen LogP contribution in [0, 0.1) is 5.92 Å². The van der Waals surface area contributed by atoms with Crippen molar-refractivity contribution in [2.45, 2.75) is 45.8 Å². The van der Waals surface area contributed by atoms with Crippen LogP contribution in [-0.4, -0.2) is 36.3 Å². The lowest BCUT2D eigenvalue weighted by atomic mass is 9.99. The molecule has 1 atom stereocenters. The molecule has 156 valence electrons. The minimum atomic E-state index is -0.467. The van der Waals surface area contributed by atoms with Gasteiger partial charge in [0.15, 0.2) is 0 Å². The molecule has 0 spiro atoms. The molecule has 0 N–H and O–H groups in total. The highest BCUT2D eigenvalue weighted by Gasteiger charge is 2.27. The van der Waals surface area contributed by atoms with E-state index in [0.29, 0.717) is 25.7 Å². The minimum absolute atomic E-state index is 0.234. The maximum absolute atomic E-state index is 12.3. The zero-order valence-electron chi connectivity index (χ0n) is 17.6. The molecule has 0 radical (unpaired) electrons. The number of hydrogen-bond donors (Lipinski definition) is 0. The Kier molecular flexibility index (Phi) is 7.02. The van der Waals surface area contributed by atoms with E-state index in [2.05, 4.69) is 0 Å². The van der Waals surface area contributed by atoms with Crippen LogP contribution in [0.4, 0.5) is 4.79 Å². The van der Waals surface area contributed by atoms with E-state index >= 15 is 0 Å². The molecule has 5 heteroatoms. The van der Waals surface area contributed by atoms with E-state index in [4.69, 9.17) is 14.2 Å². The predicted octanol–water partition coefficient (Wildman–Crippen LogP) is 5.29. The third kappa shape index (κ3) is 7.00. The highest BCUT2D eigenvalue weighted by Crippen LogP contribution is 2.23. The monoisotopic (exact) mass is 397 g/mol. The fourth-order valence-corrected chi connectivity index (χ4v) is 3.28. The van der Waals surface area contributed by atoms with Gasteiger partial charge in [-0.15, -0.1) is 0 Å². The predicted molar refractivity (Wildman–Crippen MR) is 113 cm³/mol. The quantitative estimate of drug-likeness (QED) is 0.664. The van der Waals surface area contributed by atoms with Gasteiger partial charge in [0.2, 0.25) is 0 Å². The zero-order valence-corrected chi connectivity index (χ0v) is 17.6. The summed E-state index contributed by atoms with van der Waals surface area (Å²) in [6, 6.07) is 17.8. The number of likely N-dealkylation sites (tertiary alicyclic amines) is 1. The molecule has 1 heterocycles. The maximum Gasteiger partial charge on any atom is 0.410 e. The van der Waals surface area contributed by atoms with Crippen molar-refractivity contribution in [1.29, 1.82) is 0 Å². The van der Waals surface area contributed by atoms with Crippen molar-refractivity contribution in [3.8, 4) is 11.5 Å². The van der Waals surface area contributed by atoms with E-state index in [1.165, 1.54) is 0 Å². The van der Waals surface area contributed by atoms with Gasteiger partial charge in [-0.25, -0.2) is 4.79 Å². The SMILES string of the molecule is CC(C)(C)OC(=O)N1CCCC(COc2ccc(OCc3ccccc3)cc2)C1. The van der Waals surface area contributed by atoms with Crippen LogP contribution in [-0.2, 0) is 11.3 Å². The summed E-state index contributed by atoms with van der Waals surface area (Å²) in [5, 5.41) is 0. The summed E-state index contributed by atoms with van der Waals surface area (Å²) in [5.41, 5.74) is 0.671. The Hall–Kier alpha value is -2.69. The van der Waals surface area contributed by atoms with E-state index in [1.807, 2.05) is 75.4 Å². The van der Waals surface area contributed by atoms with Crippen molar-refractivity contribution in [2.75, 3.05) is 19.7 Å². The molecule has 1 amide bonds. The van der Waals surface area contributed by atoms with Crippen LogP contribution in [0.25, 0.3) is 0 Å². The molecule has 1 aliphatic heterocycles. The Balaban J connectivity index is 1.44. The highest BCUT2D eigenvalue weighted by atomic mass is 16.6. The highest BCUT2D eigenvalue weighted by molar-refractivity contribution is 5.68. The number of amides is 1. The second-order valence-corrected chi connectivity index (χ2v) is 8.49. The molecular formula is C24H31NO4. The van der Waals surface area contributed by atoms with Crippen molar-refractivity contribution in [3.63, 3.8) is 0 Å². The summed E-state index contributed by atoms with van der Waals surface area (Å²) < 4.78 is 17.3. The smallest absolute Gasteiger partial charge is 0.410 e. The van der Waals surface area contributed by atoms with Crippen molar-refractivity contribution >= 4 is 6.09 Å². The molecule has 0 aromatic heterocycles. The van der Waals surface area contributed by atoms with Crippen molar-refractivity contribution < 1.29 is 19.0 Å². The number of ether oxygens (including phenoxy) is 3. The van der Waals surface area contributed by atoms with E-state index in [-0.39, 0.29) is 6.09 Å². The summed E-state index contributed by atoms with van der Waals surface area (Å²) in [4.78, 5) is 14.1. The van der Waals surface area contributed by atoms with Crippen LogP contribution in [0.5, 0.6) is 11.5 Å². The number of carbonyl (C=O) groups is 1. The van der Waals surface area contributed by atoms with Gasteiger partial charge >= 0.3 is 6.09 Å². The van der Waals surface area contributed by atoms with Crippen LogP contribution in [0.2, 0.25) is 0 Å². The molecule has 2 aromatic carbocycles.